The normalized spacial score (nSPS) is 16.4. The largest absolute Gasteiger partial charge is 0.352 e. The fourth-order valence-corrected chi connectivity index (χ4v) is 2.73. The zero-order valence-corrected chi connectivity index (χ0v) is 13.3. The number of rotatable bonds is 5. The summed E-state index contributed by atoms with van der Waals surface area (Å²) >= 11 is 6.24. The van der Waals surface area contributed by atoms with Crippen molar-refractivity contribution in [2.75, 3.05) is 0 Å². The minimum Gasteiger partial charge on any atom is -0.352 e. The Morgan fingerprint density at radius 3 is 2.81 bits per heavy atom. The summed E-state index contributed by atoms with van der Waals surface area (Å²) in [6, 6.07) is 0.353. The Kier molecular flexibility index (Phi) is 3.65. The Labute approximate surface area is 128 Å². The summed E-state index contributed by atoms with van der Waals surface area (Å²) in [5.74, 6) is 0.734. The van der Waals surface area contributed by atoms with Crippen LogP contribution < -0.4 is 5.32 Å². The van der Waals surface area contributed by atoms with Crippen molar-refractivity contribution in [3.05, 3.63) is 11.5 Å². The van der Waals surface area contributed by atoms with Crippen LogP contribution in [0.25, 0.3) is 11.2 Å². The maximum absolute atomic E-state index is 12.2. The van der Waals surface area contributed by atoms with Crippen LogP contribution in [0.4, 0.5) is 0 Å². The Morgan fingerprint density at radius 1 is 1.52 bits per heavy atom. The van der Waals surface area contributed by atoms with Crippen LogP contribution in [0.1, 0.15) is 43.6 Å². The highest BCUT2D eigenvalue weighted by Gasteiger charge is 2.26. The maximum Gasteiger partial charge on any atom is 0.240 e. The highest BCUT2D eigenvalue weighted by Crippen LogP contribution is 2.26. The number of halogens is 1. The van der Waals surface area contributed by atoms with Gasteiger partial charge in [0.1, 0.15) is 17.9 Å². The van der Waals surface area contributed by atoms with Gasteiger partial charge in [0.25, 0.3) is 0 Å². The molecular weight excluding hydrogens is 290 g/mol. The van der Waals surface area contributed by atoms with E-state index in [0.717, 1.165) is 42.1 Å². The first-order chi connectivity index (χ1) is 10.0. The molecule has 1 fully saturated rings. The zero-order valence-electron chi connectivity index (χ0n) is 12.6. The van der Waals surface area contributed by atoms with E-state index in [4.69, 9.17) is 11.6 Å². The molecular formula is C14H20ClN5O. The van der Waals surface area contributed by atoms with E-state index in [2.05, 4.69) is 15.4 Å². The third-order valence-electron chi connectivity index (χ3n) is 3.73. The van der Waals surface area contributed by atoms with Gasteiger partial charge in [0.05, 0.1) is 11.1 Å². The number of alkyl halides is 1. The van der Waals surface area contributed by atoms with E-state index in [1.807, 2.05) is 30.0 Å². The van der Waals surface area contributed by atoms with Crippen LogP contribution in [0.15, 0.2) is 0 Å². The number of nitrogens with zero attached hydrogens (tertiary/aromatic N) is 4. The second-order valence-electron chi connectivity index (χ2n) is 5.59. The van der Waals surface area contributed by atoms with E-state index in [-0.39, 0.29) is 17.8 Å². The predicted molar refractivity (Wildman–Crippen MR) is 81.4 cm³/mol. The minimum absolute atomic E-state index is 0.0110. The molecule has 0 bridgehead atoms. The predicted octanol–water partition coefficient (Wildman–Crippen LogP) is 2.14. The molecule has 0 aromatic carbocycles. The molecule has 1 N–H and O–H groups in total. The molecule has 1 amide bonds. The van der Waals surface area contributed by atoms with E-state index in [9.17, 15) is 4.79 Å². The molecule has 0 radical (unpaired) electrons. The molecule has 2 aromatic rings. The first kappa shape index (κ1) is 14.4. The van der Waals surface area contributed by atoms with Crippen molar-refractivity contribution in [2.24, 2.45) is 0 Å². The van der Waals surface area contributed by atoms with E-state index in [1.54, 1.807) is 0 Å². The molecule has 2 heterocycles. The average molecular weight is 310 g/mol. The van der Waals surface area contributed by atoms with Crippen LogP contribution in [-0.4, -0.2) is 31.3 Å². The van der Waals surface area contributed by atoms with Gasteiger partial charge < -0.3 is 9.88 Å². The van der Waals surface area contributed by atoms with Gasteiger partial charge in [-0.25, -0.2) is 9.67 Å². The van der Waals surface area contributed by atoms with E-state index < -0.39 is 0 Å². The molecule has 6 nitrogen and oxygen atoms in total. The lowest BCUT2D eigenvalue weighted by molar-refractivity contribution is -0.121. The van der Waals surface area contributed by atoms with Crippen LogP contribution in [0, 0.1) is 6.92 Å². The molecule has 21 heavy (non-hydrogen) atoms. The third kappa shape index (κ3) is 2.64. The van der Waals surface area contributed by atoms with Crippen molar-refractivity contribution in [3.8, 4) is 0 Å². The fourth-order valence-electron chi connectivity index (χ4n) is 2.57. The molecule has 1 unspecified atom stereocenters. The average Bonchev–Trinajstić information content (AvgIpc) is 3.06. The van der Waals surface area contributed by atoms with Crippen molar-refractivity contribution in [1.29, 1.82) is 0 Å². The van der Waals surface area contributed by atoms with Crippen LogP contribution in [-0.2, 0) is 17.9 Å². The second kappa shape index (κ2) is 5.33. The number of aromatic nitrogens is 4. The standard InChI is InChI=1S/C14H20ClN5O/c1-4-20-14-12(9(3)18-20)17-13(8(2)15)19(14)7-11(21)16-10-5-6-10/h8,10H,4-7H2,1-3H3,(H,16,21). The number of amides is 1. The van der Waals surface area contributed by atoms with Gasteiger partial charge in [0.2, 0.25) is 5.91 Å². The van der Waals surface area contributed by atoms with Crippen LogP contribution in [0.5, 0.6) is 0 Å². The number of carbonyl (C=O) groups is 1. The first-order valence-corrected chi connectivity index (χ1v) is 7.81. The molecule has 7 heteroatoms. The topological polar surface area (TPSA) is 64.7 Å². The van der Waals surface area contributed by atoms with E-state index in [0.29, 0.717) is 6.04 Å². The number of imidazole rings is 1. The molecule has 3 rings (SSSR count). The smallest absolute Gasteiger partial charge is 0.240 e. The van der Waals surface area contributed by atoms with Gasteiger partial charge in [-0.15, -0.1) is 11.6 Å². The lowest BCUT2D eigenvalue weighted by Crippen LogP contribution is -2.30. The maximum atomic E-state index is 12.2. The van der Waals surface area contributed by atoms with Crippen molar-refractivity contribution in [1.82, 2.24) is 24.6 Å². The highest BCUT2D eigenvalue weighted by molar-refractivity contribution is 6.20. The van der Waals surface area contributed by atoms with Gasteiger partial charge >= 0.3 is 0 Å². The van der Waals surface area contributed by atoms with E-state index in [1.165, 1.54) is 0 Å². The van der Waals surface area contributed by atoms with Gasteiger partial charge in [-0.05, 0) is 33.6 Å². The Hall–Kier alpha value is -1.56. The second-order valence-corrected chi connectivity index (χ2v) is 6.24. The molecule has 0 aliphatic heterocycles. The number of aryl methyl sites for hydroxylation is 2. The summed E-state index contributed by atoms with van der Waals surface area (Å²) in [6.07, 6.45) is 2.16. The lowest BCUT2D eigenvalue weighted by Gasteiger charge is -2.11. The molecule has 1 saturated carbocycles. The third-order valence-corrected chi connectivity index (χ3v) is 3.92. The summed E-state index contributed by atoms with van der Waals surface area (Å²) in [7, 11) is 0. The Bertz CT molecular complexity index is 683. The minimum atomic E-state index is -0.254. The van der Waals surface area contributed by atoms with Crippen LogP contribution >= 0.6 is 11.6 Å². The van der Waals surface area contributed by atoms with Crippen LogP contribution in [0.3, 0.4) is 0 Å². The summed E-state index contributed by atoms with van der Waals surface area (Å²) in [6.45, 7) is 6.80. The fraction of sp³-hybridized carbons (Fsp3) is 0.643. The number of hydrogen-bond acceptors (Lipinski definition) is 3. The number of hydrogen-bond donors (Lipinski definition) is 1. The summed E-state index contributed by atoms with van der Waals surface area (Å²) in [5.41, 5.74) is 2.58. The molecule has 1 aliphatic rings. The van der Waals surface area contributed by atoms with E-state index >= 15 is 0 Å². The molecule has 114 valence electrons. The molecule has 2 aromatic heterocycles. The van der Waals surface area contributed by atoms with Crippen molar-refractivity contribution in [3.63, 3.8) is 0 Å². The van der Waals surface area contributed by atoms with Crippen molar-refractivity contribution >= 4 is 28.7 Å². The molecule has 1 atom stereocenters. The summed E-state index contributed by atoms with van der Waals surface area (Å²) in [5, 5.41) is 7.22. The lowest BCUT2D eigenvalue weighted by atomic mass is 10.4. The summed E-state index contributed by atoms with van der Waals surface area (Å²) < 4.78 is 3.78. The highest BCUT2D eigenvalue weighted by atomic mass is 35.5. The van der Waals surface area contributed by atoms with Gasteiger partial charge in [-0.1, -0.05) is 0 Å². The SMILES string of the molecule is CCn1nc(C)c2nc(C(C)Cl)n(CC(=O)NC3CC3)c21. The first-order valence-electron chi connectivity index (χ1n) is 7.38. The van der Waals surface area contributed by atoms with Crippen LogP contribution in [0.2, 0.25) is 0 Å². The Morgan fingerprint density at radius 2 is 2.24 bits per heavy atom. The number of nitrogens with one attached hydrogen (secondary N) is 1. The van der Waals surface area contributed by atoms with Crippen molar-refractivity contribution in [2.45, 2.75) is 58.1 Å². The quantitative estimate of drug-likeness (QED) is 0.861. The molecule has 1 aliphatic carbocycles. The van der Waals surface area contributed by atoms with Crippen molar-refractivity contribution < 1.29 is 4.79 Å². The van der Waals surface area contributed by atoms with Gasteiger partial charge in [-0.3, -0.25) is 4.79 Å². The Balaban J connectivity index is 2.03. The molecule has 0 saturated heterocycles. The monoisotopic (exact) mass is 309 g/mol. The number of carbonyl (C=O) groups excluding carboxylic acids is 1. The molecule has 0 spiro atoms. The number of fused-ring (bicyclic) bond motifs is 1. The summed E-state index contributed by atoms with van der Waals surface area (Å²) in [4.78, 5) is 16.7. The zero-order chi connectivity index (χ0) is 15.1. The van der Waals surface area contributed by atoms with Gasteiger partial charge in [0.15, 0.2) is 5.65 Å². The van der Waals surface area contributed by atoms with Gasteiger partial charge in [0, 0.05) is 12.6 Å². The van der Waals surface area contributed by atoms with Gasteiger partial charge in [-0.2, -0.15) is 5.10 Å².